The first kappa shape index (κ1) is 15.2. The highest BCUT2D eigenvalue weighted by Crippen LogP contribution is 2.32. The van der Waals surface area contributed by atoms with Gasteiger partial charge in [0.15, 0.2) is 0 Å². The Hall–Kier alpha value is -2.37. The minimum atomic E-state index is -0.407. The molecule has 1 aromatic carbocycles. The molecular weight excluding hydrogens is 306 g/mol. The van der Waals surface area contributed by atoms with Crippen molar-refractivity contribution in [3.05, 3.63) is 35.4 Å². The van der Waals surface area contributed by atoms with E-state index in [9.17, 15) is 14.4 Å². The Morgan fingerprint density at radius 2 is 1.79 bits per heavy atom. The van der Waals surface area contributed by atoms with Crippen molar-refractivity contribution in [2.45, 2.75) is 44.3 Å². The van der Waals surface area contributed by atoms with E-state index >= 15 is 0 Å². The van der Waals surface area contributed by atoms with Gasteiger partial charge in [-0.1, -0.05) is 17.7 Å². The molecule has 3 saturated heterocycles. The summed E-state index contributed by atoms with van der Waals surface area (Å²) in [6, 6.07) is 6.52. The first-order valence-electron chi connectivity index (χ1n) is 8.53. The van der Waals surface area contributed by atoms with Crippen LogP contribution in [0.25, 0.3) is 0 Å². The lowest BCUT2D eigenvalue weighted by Crippen LogP contribution is -2.60. The molecule has 126 valence electrons. The number of nitrogens with one attached hydrogen (secondary N) is 1. The second-order valence-electron chi connectivity index (χ2n) is 6.97. The van der Waals surface area contributed by atoms with E-state index in [1.807, 2.05) is 19.1 Å². The maximum atomic E-state index is 12.6. The molecule has 3 heterocycles. The van der Waals surface area contributed by atoms with Crippen molar-refractivity contribution in [2.24, 2.45) is 0 Å². The van der Waals surface area contributed by atoms with Crippen molar-refractivity contribution >= 4 is 17.7 Å². The van der Waals surface area contributed by atoms with E-state index in [2.05, 4.69) is 5.32 Å². The number of hydrogen-bond donors (Lipinski definition) is 1. The van der Waals surface area contributed by atoms with Gasteiger partial charge in [-0.15, -0.1) is 0 Å². The van der Waals surface area contributed by atoms with Crippen LogP contribution in [0.2, 0.25) is 0 Å². The van der Waals surface area contributed by atoms with Crippen molar-refractivity contribution in [3.63, 3.8) is 0 Å². The monoisotopic (exact) mass is 327 g/mol. The third kappa shape index (κ3) is 2.37. The van der Waals surface area contributed by atoms with E-state index < -0.39 is 6.04 Å². The molecule has 6 heteroatoms. The molecule has 0 saturated carbocycles. The summed E-state index contributed by atoms with van der Waals surface area (Å²) in [6.45, 7) is 3.08. The van der Waals surface area contributed by atoms with Gasteiger partial charge in [-0.2, -0.15) is 0 Å². The van der Waals surface area contributed by atoms with E-state index in [1.165, 1.54) is 0 Å². The number of aryl methyl sites for hydroxylation is 1. The lowest BCUT2D eigenvalue weighted by atomic mass is 10.1. The molecule has 3 aliphatic heterocycles. The van der Waals surface area contributed by atoms with Crippen LogP contribution < -0.4 is 5.32 Å². The third-order valence-corrected chi connectivity index (χ3v) is 5.34. The molecular formula is C18H21N3O3. The molecule has 0 unspecified atom stereocenters. The highest BCUT2D eigenvalue weighted by molar-refractivity contribution is 5.98. The van der Waals surface area contributed by atoms with Gasteiger partial charge in [0, 0.05) is 24.7 Å². The second-order valence-corrected chi connectivity index (χ2v) is 6.97. The first-order chi connectivity index (χ1) is 11.5. The molecule has 3 fully saturated rings. The minimum Gasteiger partial charge on any atom is -0.347 e. The standard InChI is InChI=1S/C18H21N3O3/c1-11-4-6-12(7-5-11)16(22)19-13-9-15-18(24)20-8-2-3-14(20)17(23)21(15)10-13/h4-7,13-15H,2-3,8-10H2,1H3,(H,19,22)/t13-,14-,15-/m0/s1. The molecule has 0 aromatic heterocycles. The van der Waals surface area contributed by atoms with E-state index in [0.29, 0.717) is 25.1 Å². The number of hydrogen-bond acceptors (Lipinski definition) is 3. The quantitative estimate of drug-likeness (QED) is 0.869. The highest BCUT2D eigenvalue weighted by atomic mass is 16.2. The average Bonchev–Trinajstić information content (AvgIpc) is 3.20. The number of amides is 3. The van der Waals surface area contributed by atoms with Gasteiger partial charge in [-0.05, 0) is 38.3 Å². The van der Waals surface area contributed by atoms with Crippen LogP contribution in [-0.4, -0.2) is 58.7 Å². The summed E-state index contributed by atoms with van der Waals surface area (Å²) >= 11 is 0. The van der Waals surface area contributed by atoms with E-state index in [0.717, 1.165) is 18.4 Å². The lowest BCUT2D eigenvalue weighted by Gasteiger charge is -2.38. The van der Waals surface area contributed by atoms with Gasteiger partial charge < -0.3 is 15.1 Å². The van der Waals surface area contributed by atoms with Crippen molar-refractivity contribution in [1.29, 1.82) is 0 Å². The Kier molecular flexibility index (Phi) is 3.55. The molecule has 1 N–H and O–H groups in total. The number of fused-ring (bicyclic) bond motifs is 2. The van der Waals surface area contributed by atoms with E-state index in [-0.39, 0.29) is 29.8 Å². The van der Waals surface area contributed by atoms with Crippen LogP contribution >= 0.6 is 0 Å². The van der Waals surface area contributed by atoms with Crippen molar-refractivity contribution in [1.82, 2.24) is 15.1 Å². The van der Waals surface area contributed by atoms with Gasteiger partial charge in [0.2, 0.25) is 11.8 Å². The Morgan fingerprint density at radius 1 is 1.08 bits per heavy atom. The van der Waals surface area contributed by atoms with E-state index in [1.54, 1.807) is 21.9 Å². The van der Waals surface area contributed by atoms with Gasteiger partial charge in [0.25, 0.3) is 5.91 Å². The fraction of sp³-hybridized carbons (Fsp3) is 0.500. The normalized spacial score (nSPS) is 28.8. The van der Waals surface area contributed by atoms with Gasteiger partial charge >= 0.3 is 0 Å². The molecule has 3 atom stereocenters. The Labute approximate surface area is 140 Å². The number of rotatable bonds is 2. The zero-order valence-electron chi connectivity index (χ0n) is 13.7. The Balaban J connectivity index is 1.46. The highest BCUT2D eigenvalue weighted by Gasteiger charge is 2.51. The average molecular weight is 327 g/mol. The number of carbonyl (C=O) groups is 3. The third-order valence-electron chi connectivity index (χ3n) is 5.34. The fourth-order valence-corrected chi connectivity index (χ4v) is 4.06. The van der Waals surface area contributed by atoms with Crippen molar-refractivity contribution in [2.75, 3.05) is 13.1 Å². The Morgan fingerprint density at radius 3 is 2.54 bits per heavy atom. The molecule has 24 heavy (non-hydrogen) atoms. The van der Waals surface area contributed by atoms with Crippen LogP contribution in [0.3, 0.4) is 0 Å². The predicted octanol–water partition coefficient (Wildman–Crippen LogP) is 0.699. The van der Waals surface area contributed by atoms with Gasteiger partial charge in [0.1, 0.15) is 12.1 Å². The van der Waals surface area contributed by atoms with Crippen molar-refractivity contribution < 1.29 is 14.4 Å². The molecule has 1 aromatic rings. The largest absolute Gasteiger partial charge is 0.347 e. The summed E-state index contributed by atoms with van der Waals surface area (Å²) in [5, 5.41) is 2.97. The molecule has 3 amide bonds. The maximum absolute atomic E-state index is 12.6. The summed E-state index contributed by atoms with van der Waals surface area (Å²) in [4.78, 5) is 41.0. The summed E-state index contributed by atoms with van der Waals surface area (Å²) in [7, 11) is 0. The van der Waals surface area contributed by atoms with Crippen LogP contribution in [0.4, 0.5) is 0 Å². The topological polar surface area (TPSA) is 69.7 Å². The molecule has 4 rings (SSSR count). The molecule has 3 aliphatic rings. The Bertz CT molecular complexity index is 670. The smallest absolute Gasteiger partial charge is 0.251 e. The van der Waals surface area contributed by atoms with Gasteiger partial charge in [-0.25, -0.2) is 0 Å². The second kappa shape index (κ2) is 5.61. The fourth-order valence-electron chi connectivity index (χ4n) is 4.06. The molecule has 0 bridgehead atoms. The van der Waals surface area contributed by atoms with Crippen LogP contribution in [0.1, 0.15) is 35.2 Å². The van der Waals surface area contributed by atoms with Crippen LogP contribution in [0.5, 0.6) is 0 Å². The summed E-state index contributed by atoms with van der Waals surface area (Å²) in [5.74, 6) is -0.0615. The SMILES string of the molecule is Cc1ccc(C(=O)N[C@H]2C[C@H]3C(=O)N4CCC[C@H]4C(=O)N3C2)cc1. The number of nitrogens with zero attached hydrogens (tertiary/aromatic N) is 2. The number of piperazine rings is 1. The molecule has 0 radical (unpaired) electrons. The predicted molar refractivity (Wildman–Crippen MR) is 87.3 cm³/mol. The van der Waals surface area contributed by atoms with Gasteiger partial charge in [-0.3, -0.25) is 14.4 Å². The number of carbonyl (C=O) groups excluding carboxylic acids is 3. The van der Waals surface area contributed by atoms with Crippen LogP contribution in [-0.2, 0) is 9.59 Å². The maximum Gasteiger partial charge on any atom is 0.251 e. The summed E-state index contributed by atoms with van der Waals surface area (Å²) in [6.07, 6.45) is 2.16. The van der Waals surface area contributed by atoms with E-state index in [4.69, 9.17) is 0 Å². The molecule has 0 spiro atoms. The first-order valence-corrected chi connectivity index (χ1v) is 8.53. The lowest BCUT2D eigenvalue weighted by molar-refractivity contribution is -0.156. The summed E-state index contributed by atoms with van der Waals surface area (Å²) in [5.41, 5.74) is 1.70. The molecule has 6 nitrogen and oxygen atoms in total. The zero-order valence-corrected chi connectivity index (χ0v) is 13.7. The minimum absolute atomic E-state index is 0.0455. The summed E-state index contributed by atoms with van der Waals surface area (Å²) < 4.78 is 0. The number of benzene rings is 1. The van der Waals surface area contributed by atoms with Crippen LogP contribution in [0, 0.1) is 6.92 Å². The van der Waals surface area contributed by atoms with Gasteiger partial charge in [0.05, 0.1) is 0 Å². The molecule has 0 aliphatic carbocycles. The zero-order chi connectivity index (χ0) is 16.8. The van der Waals surface area contributed by atoms with Crippen LogP contribution in [0.15, 0.2) is 24.3 Å². The van der Waals surface area contributed by atoms with Crippen molar-refractivity contribution in [3.8, 4) is 0 Å².